The predicted molar refractivity (Wildman–Crippen MR) is 64.1 cm³/mol. The SMILES string of the molecule is C=C(C)C1C[C@@H]2C[C@H](C1)c1ccccc12. The van der Waals surface area contributed by atoms with Gasteiger partial charge in [-0.2, -0.15) is 0 Å². The van der Waals surface area contributed by atoms with Crippen molar-refractivity contribution in [2.75, 3.05) is 0 Å². The highest BCUT2D eigenvalue weighted by Crippen LogP contribution is 2.53. The molecular weight excluding hydrogens is 180 g/mol. The summed E-state index contributed by atoms with van der Waals surface area (Å²) in [5, 5.41) is 0. The Balaban J connectivity index is 1.98. The standard InChI is InChI=1S/C15H18/c1-10(2)11-7-12-9-13(8-11)15-6-4-3-5-14(12)15/h3-6,11-13H,1,7-9H2,2H3/t11?,12-,13+. The lowest BCUT2D eigenvalue weighted by molar-refractivity contribution is 0.352. The van der Waals surface area contributed by atoms with E-state index in [1.807, 2.05) is 0 Å². The summed E-state index contributed by atoms with van der Waals surface area (Å²) in [6.45, 7) is 6.33. The van der Waals surface area contributed by atoms with Crippen LogP contribution in [0.1, 0.15) is 49.1 Å². The number of allylic oxidation sites excluding steroid dienone is 1. The molecule has 0 N–H and O–H groups in total. The molecule has 2 bridgehead atoms. The summed E-state index contributed by atoms with van der Waals surface area (Å²) in [5.74, 6) is 2.41. The number of rotatable bonds is 1. The first-order valence-electron chi connectivity index (χ1n) is 6.00. The summed E-state index contributed by atoms with van der Waals surface area (Å²) in [7, 11) is 0. The summed E-state index contributed by atoms with van der Waals surface area (Å²) in [6.07, 6.45) is 4.06. The molecule has 0 aromatic heterocycles. The van der Waals surface area contributed by atoms with E-state index in [2.05, 4.69) is 37.8 Å². The lowest BCUT2D eigenvalue weighted by Crippen LogP contribution is -2.14. The zero-order chi connectivity index (χ0) is 10.4. The van der Waals surface area contributed by atoms with Crippen LogP contribution in [-0.4, -0.2) is 0 Å². The van der Waals surface area contributed by atoms with Gasteiger partial charge in [-0.25, -0.2) is 0 Å². The average molecular weight is 198 g/mol. The van der Waals surface area contributed by atoms with Gasteiger partial charge in [0.15, 0.2) is 0 Å². The van der Waals surface area contributed by atoms with Crippen LogP contribution in [0.2, 0.25) is 0 Å². The summed E-state index contributed by atoms with van der Waals surface area (Å²) >= 11 is 0. The van der Waals surface area contributed by atoms with Gasteiger partial charge in [-0.15, -0.1) is 0 Å². The normalized spacial score (nSPS) is 32.5. The van der Waals surface area contributed by atoms with Crippen LogP contribution >= 0.6 is 0 Å². The molecule has 0 amide bonds. The minimum atomic E-state index is 0.765. The molecule has 0 aliphatic heterocycles. The molecule has 0 nitrogen and oxygen atoms in total. The van der Waals surface area contributed by atoms with E-state index in [9.17, 15) is 0 Å². The molecule has 3 atom stereocenters. The van der Waals surface area contributed by atoms with Gasteiger partial charge in [0, 0.05) is 0 Å². The van der Waals surface area contributed by atoms with Gasteiger partial charge in [0.2, 0.25) is 0 Å². The van der Waals surface area contributed by atoms with E-state index < -0.39 is 0 Å². The van der Waals surface area contributed by atoms with E-state index in [1.165, 1.54) is 24.8 Å². The maximum absolute atomic E-state index is 4.14. The Labute approximate surface area is 92.0 Å². The fourth-order valence-corrected chi connectivity index (χ4v) is 3.48. The molecule has 78 valence electrons. The molecule has 1 fully saturated rings. The van der Waals surface area contributed by atoms with Gasteiger partial charge in [-0.1, -0.05) is 36.4 Å². The highest BCUT2D eigenvalue weighted by Gasteiger charge is 2.38. The van der Waals surface area contributed by atoms with Crippen molar-refractivity contribution in [2.45, 2.75) is 38.0 Å². The summed E-state index contributed by atoms with van der Waals surface area (Å²) < 4.78 is 0. The van der Waals surface area contributed by atoms with Crippen molar-refractivity contribution in [3.63, 3.8) is 0 Å². The molecule has 1 aromatic carbocycles. The van der Waals surface area contributed by atoms with Crippen LogP contribution in [0, 0.1) is 5.92 Å². The van der Waals surface area contributed by atoms with Crippen LogP contribution in [0.4, 0.5) is 0 Å². The van der Waals surface area contributed by atoms with Crippen LogP contribution in [0.15, 0.2) is 36.4 Å². The molecule has 0 heteroatoms. The first kappa shape index (κ1) is 9.21. The lowest BCUT2D eigenvalue weighted by atomic mass is 9.76. The minimum absolute atomic E-state index is 0.765. The number of fused-ring (bicyclic) bond motifs is 5. The molecule has 0 spiro atoms. The van der Waals surface area contributed by atoms with Crippen molar-refractivity contribution in [2.24, 2.45) is 5.92 Å². The van der Waals surface area contributed by atoms with Crippen LogP contribution in [0.25, 0.3) is 0 Å². The van der Waals surface area contributed by atoms with Crippen molar-refractivity contribution >= 4 is 0 Å². The highest BCUT2D eigenvalue weighted by molar-refractivity contribution is 5.40. The van der Waals surface area contributed by atoms with Crippen molar-refractivity contribution in [1.82, 2.24) is 0 Å². The van der Waals surface area contributed by atoms with Crippen molar-refractivity contribution in [3.8, 4) is 0 Å². The molecular formula is C15H18. The lowest BCUT2D eigenvalue weighted by Gasteiger charge is -2.28. The van der Waals surface area contributed by atoms with E-state index in [-0.39, 0.29) is 0 Å². The zero-order valence-electron chi connectivity index (χ0n) is 9.37. The third kappa shape index (κ3) is 1.35. The van der Waals surface area contributed by atoms with Crippen molar-refractivity contribution in [3.05, 3.63) is 47.5 Å². The Kier molecular flexibility index (Phi) is 1.98. The molecule has 15 heavy (non-hydrogen) atoms. The van der Waals surface area contributed by atoms with Crippen LogP contribution in [-0.2, 0) is 0 Å². The predicted octanol–water partition coefficient (Wildman–Crippen LogP) is 4.24. The van der Waals surface area contributed by atoms with Gasteiger partial charge in [0.05, 0.1) is 0 Å². The quantitative estimate of drug-likeness (QED) is 0.592. The fraction of sp³-hybridized carbons (Fsp3) is 0.467. The Hall–Kier alpha value is -1.04. The summed E-state index contributed by atoms with van der Waals surface area (Å²) in [4.78, 5) is 0. The number of benzene rings is 1. The van der Waals surface area contributed by atoms with Crippen molar-refractivity contribution < 1.29 is 0 Å². The second-order valence-corrected chi connectivity index (χ2v) is 5.27. The van der Waals surface area contributed by atoms with E-state index >= 15 is 0 Å². The van der Waals surface area contributed by atoms with Gasteiger partial charge in [0.1, 0.15) is 0 Å². The third-order valence-corrected chi connectivity index (χ3v) is 4.28. The minimum Gasteiger partial charge on any atom is -0.0999 e. The second-order valence-electron chi connectivity index (χ2n) is 5.27. The molecule has 0 saturated heterocycles. The van der Waals surface area contributed by atoms with Gasteiger partial charge >= 0.3 is 0 Å². The van der Waals surface area contributed by atoms with Gasteiger partial charge in [-0.05, 0) is 55.1 Å². The Morgan fingerprint density at radius 2 is 1.60 bits per heavy atom. The number of hydrogen-bond acceptors (Lipinski definition) is 0. The average Bonchev–Trinajstić information content (AvgIpc) is 2.52. The van der Waals surface area contributed by atoms with Crippen molar-refractivity contribution in [1.29, 1.82) is 0 Å². The zero-order valence-corrected chi connectivity index (χ0v) is 9.37. The van der Waals surface area contributed by atoms with Crippen LogP contribution in [0.5, 0.6) is 0 Å². The Morgan fingerprint density at radius 3 is 2.07 bits per heavy atom. The van der Waals surface area contributed by atoms with Crippen LogP contribution in [0.3, 0.4) is 0 Å². The molecule has 3 rings (SSSR count). The molecule has 2 aliphatic carbocycles. The van der Waals surface area contributed by atoms with E-state index in [0.29, 0.717) is 0 Å². The maximum Gasteiger partial charge on any atom is -0.0148 e. The highest BCUT2D eigenvalue weighted by atomic mass is 14.4. The van der Waals surface area contributed by atoms with Gasteiger partial charge in [0.25, 0.3) is 0 Å². The fourth-order valence-electron chi connectivity index (χ4n) is 3.48. The van der Waals surface area contributed by atoms with E-state index in [0.717, 1.165) is 17.8 Å². The largest absolute Gasteiger partial charge is 0.0999 e. The summed E-state index contributed by atoms with van der Waals surface area (Å²) in [6, 6.07) is 9.05. The Morgan fingerprint density at radius 1 is 1.07 bits per heavy atom. The third-order valence-electron chi connectivity index (χ3n) is 4.28. The molecule has 2 aliphatic rings. The van der Waals surface area contributed by atoms with E-state index in [4.69, 9.17) is 0 Å². The topological polar surface area (TPSA) is 0 Å². The molecule has 0 heterocycles. The Bertz CT molecular complexity index is 371. The first-order valence-corrected chi connectivity index (χ1v) is 6.00. The number of hydrogen-bond donors (Lipinski definition) is 0. The smallest absolute Gasteiger partial charge is 0.0148 e. The van der Waals surface area contributed by atoms with Gasteiger partial charge in [-0.3, -0.25) is 0 Å². The monoisotopic (exact) mass is 198 g/mol. The molecule has 1 aromatic rings. The summed E-state index contributed by atoms with van der Waals surface area (Å²) in [5.41, 5.74) is 4.65. The maximum atomic E-state index is 4.14. The second kappa shape index (κ2) is 3.23. The molecule has 1 saturated carbocycles. The first-order chi connectivity index (χ1) is 7.25. The van der Waals surface area contributed by atoms with Gasteiger partial charge < -0.3 is 0 Å². The van der Waals surface area contributed by atoms with Crippen LogP contribution < -0.4 is 0 Å². The molecule has 1 unspecified atom stereocenters. The van der Waals surface area contributed by atoms with E-state index in [1.54, 1.807) is 11.1 Å². The molecule has 0 radical (unpaired) electrons.